The molecule has 154 valence electrons. The Labute approximate surface area is 187 Å². The molecular formula is C23H16Cl2N4O2. The number of fused-ring (bicyclic) bond motifs is 1. The number of aromatic nitrogens is 4. The lowest BCUT2D eigenvalue weighted by molar-refractivity contribution is 0.381. The second kappa shape index (κ2) is 7.65. The van der Waals surface area contributed by atoms with Crippen LogP contribution in [0.15, 0.2) is 72.9 Å². The first kappa shape index (κ1) is 19.5. The van der Waals surface area contributed by atoms with Crippen molar-refractivity contribution in [3.8, 4) is 28.7 Å². The van der Waals surface area contributed by atoms with Crippen molar-refractivity contribution in [3.05, 3.63) is 88.5 Å². The molecule has 6 nitrogen and oxygen atoms in total. The van der Waals surface area contributed by atoms with E-state index in [0.29, 0.717) is 37.8 Å². The zero-order valence-corrected chi connectivity index (χ0v) is 17.6. The average Bonchev–Trinajstić information content (AvgIpc) is 3.37. The summed E-state index contributed by atoms with van der Waals surface area (Å²) in [5, 5.41) is 32.3. The predicted molar refractivity (Wildman–Crippen MR) is 121 cm³/mol. The Hall–Kier alpha value is -3.48. The SMILES string of the molecule is Oc1c2cccc(-n3cc(-c4ccccc4)nn3)c2c(O)n1Cc1cc(Cl)ccc1Cl. The molecule has 5 rings (SSSR count). The summed E-state index contributed by atoms with van der Waals surface area (Å²) in [6.07, 6.45) is 1.78. The summed E-state index contributed by atoms with van der Waals surface area (Å²) in [5.74, 6) is -0.176. The van der Waals surface area contributed by atoms with Crippen molar-refractivity contribution in [2.24, 2.45) is 0 Å². The molecule has 31 heavy (non-hydrogen) atoms. The lowest BCUT2D eigenvalue weighted by Gasteiger charge is -2.09. The van der Waals surface area contributed by atoms with Gasteiger partial charge in [-0.25, -0.2) is 4.68 Å². The molecule has 0 unspecified atom stereocenters. The number of rotatable bonds is 4. The number of nitrogens with zero attached hydrogens (tertiary/aromatic N) is 4. The van der Waals surface area contributed by atoms with Gasteiger partial charge in [0.15, 0.2) is 0 Å². The van der Waals surface area contributed by atoms with Crippen LogP contribution in [0.2, 0.25) is 10.0 Å². The fourth-order valence-electron chi connectivity index (χ4n) is 3.64. The first-order valence-corrected chi connectivity index (χ1v) is 10.2. The molecule has 2 N–H and O–H groups in total. The molecule has 0 aliphatic heterocycles. The average molecular weight is 451 g/mol. The Morgan fingerprint density at radius 3 is 2.48 bits per heavy atom. The van der Waals surface area contributed by atoms with Crippen LogP contribution < -0.4 is 0 Å². The zero-order chi connectivity index (χ0) is 21.5. The van der Waals surface area contributed by atoms with E-state index in [9.17, 15) is 10.2 Å². The number of hydrogen-bond acceptors (Lipinski definition) is 4. The topological polar surface area (TPSA) is 76.1 Å². The van der Waals surface area contributed by atoms with Crippen molar-refractivity contribution < 1.29 is 10.2 Å². The first-order valence-electron chi connectivity index (χ1n) is 9.48. The molecule has 0 spiro atoms. The molecule has 5 aromatic rings. The van der Waals surface area contributed by atoms with E-state index in [1.54, 1.807) is 41.2 Å². The molecule has 0 bridgehead atoms. The van der Waals surface area contributed by atoms with Gasteiger partial charge >= 0.3 is 0 Å². The van der Waals surface area contributed by atoms with Crippen LogP contribution in [0.5, 0.6) is 11.8 Å². The normalized spacial score (nSPS) is 11.3. The molecule has 0 amide bonds. The third kappa shape index (κ3) is 3.40. The van der Waals surface area contributed by atoms with E-state index in [-0.39, 0.29) is 18.3 Å². The van der Waals surface area contributed by atoms with Gasteiger partial charge in [-0.3, -0.25) is 4.57 Å². The van der Waals surface area contributed by atoms with E-state index in [1.165, 1.54) is 4.57 Å². The Balaban J connectivity index is 1.63. The maximum Gasteiger partial charge on any atom is 0.204 e. The fraction of sp³-hybridized carbons (Fsp3) is 0.0435. The molecule has 0 saturated carbocycles. The Morgan fingerprint density at radius 2 is 1.68 bits per heavy atom. The van der Waals surface area contributed by atoms with E-state index in [1.807, 2.05) is 36.4 Å². The summed E-state index contributed by atoms with van der Waals surface area (Å²) in [7, 11) is 0. The fourth-order valence-corrected chi connectivity index (χ4v) is 4.01. The third-order valence-electron chi connectivity index (χ3n) is 5.16. The van der Waals surface area contributed by atoms with Gasteiger partial charge in [-0.15, -0.1) is 5.10 Å². The van der Waals surface area contributed by atoms with Gasteiger partial charge in [0.1, 0.15) is 5.69 Å². The lowest BCUT2D eigenvalue weighted by Crippen LogP contribution is -1.99. The molecule has 0 saturated heterocycles. The van der Waals surface area contributed by atoms with E-state index in [4.69, 9.17) is 23.2 Å². The second-order valence-electron chi connectivity index (χ2n) is 7.08. The van der Waals surface area contributed by atoms with Crippen LogP contribution in [0.4, 0.5) is 0 Å². The molecule has 0 atom stereocenters. The minimum Gasteiger partial charge on any atom is -0.494 e. The lowest BCUT2D eigenvalue weighted by atomic mass is 10.1. The van der Waals surface area contributed by atoms with E-state index < -0.39 is 0 Å². The maximum atomic E-state index is 11.0. The Bertz CT molecular complexity index is 1410. The molecule has 0 aliphatic rings. The van der Waals surface area contributed by atoms with Crippen molar-refractivity contribution in [1.29, 1.82) is 0 Å². The van der Waals surface area contributed by atoms with Gasteiger partial charge in [-0.1, -0.05) is 64.8 Å². The minimum absolute atomic E-state index is 0.0752. The summed E-state index contributed by atoms with van der Waals surface area (Å²) in [6, 6.07) is 20.1. The summed E-state index contributed by atoms with van der Waals surface area (Å²) in [5.41, 5.74) is 2.90. The molecule has 2 aromatic heterocycles. The van der Waals surface area contributed by atoms with Crippen LogP contribution in [-0.2, 0) is 6.54 Å². The molecule has 2 heterocycles. The van der Waals surface area contributed by atoms with Crippen LogP contribution in [0.25, 0.3) is 27.7 Å². The smallest absolute Gasteiger partial charge is 0.204 e. The number of aromatic hydroxyl groups is 2. The Morgan fingerprint density at radius 1 is 0.871 bits per heavy atom. The van der Waals surface area contributed by atoms with Crippen molar-refractivity contribution >= 4 is 34.0 Å². The quantitative estimate of drug-likeness (QED) is 0.370. The summed E-state index contributed by atoms with van der Waals surface area (Å²) >= 11 is 12.4. The van der Waals surface area contributed by atoms with Crippen LogP contribution in [0.3, 0.4) is 0 Å². The van der Waals surface area contributed by atoms with Crippen LogP contribution in [-0.4, -0.2) is 29.8 Å². The summed E-state index contributed by atoms with van der Waals surface area (Å²) in [6.45, 7) is 0.151. The van der Waals surface area contributed by atoms with Crippen molar-refractivity contribution in [2.45, 2.75) is 6.54 Å². The highest BCUT2D eigenvalue weighted by Crippen LogP contribution is 2.40. The molecule has 0 aliphatic carbocycles. The van der Waals surface area contributed by atoms with Crippen molar-refractivity contribution in [3.63, 3.8) is 0 Å². The largest absolute Gasteiger partial charge is 0.494 e. The highest BCUT2D eigenvalue weighted by molar-refractivity contribution is 6.33. The highest BCUT2D eigenvalue weighted by atomic mass is 35.5. The minimum atomic E-state index is -0.101. The summed E-state index contributed by atoms with van der Waals surface area (Å²) in [4.78, 5) is 0. The van der Waals surface area contributed by atoms with Gasteiger partial charge < -0.3 is 10.2 Å². The monoisotopic (exact) mass is 450 g/mol. The molecule has 0 radical (unpaired) electrons. The van der Waals surface area contributed by atoms with Gasteiger partial charge in [0.05, 0.1) is 23.8 Å². The number of benzene rings is 3. The van der Waals surface area contributed by atoms with Gasteiger partial charge in [0.25, 0.3) is 0 Å². The first-order chi connectivity index (χ1) is 15.0. The third-order valence-corrected chi connectivity index (χ3v) is 5.77. The van der Waals surface area contributed by atoms with Gasteiger partial charge in [-0.05, 0) is 35.9 Å². The molecule has 8 heteroatoms. The maximum absolute atomic E-state index is 11.0. The van der Waals surface area contributed by atoms with Crippen LogP contribution >= 0.6 is 23.2 Å². The zero-order valence-electron chi connectivity index (χ0n) is 16.1. The van der Waals surface area contributed by atoms with E-state index >= 15 is 0 Å². The Kier molecular flexibility index (Phi) is 4.81. The van der Waals surface area contributed by atoms with Gasteiger partial charge in [0, 0.05) is 21.0 Å². The van der Waals surface area contributed by atoms with Crippen LogP contribution in [0, 0.1) is 0 Å². The second-order valence-corrected chi connectivity index (χ2v) is 7.93. The van der Waals surface area contributed by atoms with Crippen molar-refractivity contribution in [2.75, 3.05) is 0 Å². The van der Waals surface area contributed by atoms with Gasteiger partial charge in [-0.2, -0.15) is 0 Å². The number of hydrogen-bond donors (Lipinski definition) is 2. The summed E-state index contributed by atoms with van der Waals surface area (Å²) < 4.78 is 2.97. The van der Waals surface area contributed by atoms with Crippen LogP contribution in [0.1, 0.15) is 5.56 Å². The van der Waals surface area contributed by atoms with E-state index in [0.717, 1.165) is 5.56 Å². The standard InChI is InChI=1S/C23H16Cl2N4O2/c24-16-9-10-18(25)15(11-16)12-28-22(30)17-7-4-8-20(21(17)23(28)31)29-13-19(26-27-29)14-5-2-1-3-6-14/h1-11,13,30-31H,12H2. The number of halogens is 2. The van der Waals surface area contributed by atoms with Gasteiger partial charge in [0.2, 0.25) is 11.8 Å². The van der Waals surface area contributed by atoms with Crippen molar-refractivity contribution in [1.82, 2.24) is 19.6 Å². The van der Waals surface area contributed by atoms with E-state index in [2.05, 4.69) is 10.3 Å². The predicted octanol–water partition coefficient (Wildman–Crippen LogP) is 5.66. The molecular weight excluding hydrogens is 435 g/mol. The molecule has 0 fully saturated rings. The molecule has 3 aromatic carbocycles. The highest BCUT2D eigenvalue weighted by Gasteiger charge is 2.21.